The smallest absolute Gasteiger partial charge is 0.349 e. The van der Waals surface area contributed by atoms with Crippen LogP contribution in [0.4, 0.5) is 0 Å². The molecule has 0 fully saturated rings. The molecule has 0 N–H and O–H groups in total. The third-order valence-electron chi connectivity index (χ3n) is 3.11. The Hall–Kier alpha value is -2.33. The molecule has 3 aromatic carbocycles. The van der Waals surface area contributed by atoms with Crippen LogP contribution in [-0.2, 0) is 4.79 Å². The van der Waals surface area contributed by atoms with E-state index in [0.29, 0.717) is 11.5 Å². The third kappa shape index (κ3) is 3.65. The number of esters is 1. The molecular weight excluding hydrogens is 344 g/mol. The fourth-order valence-corrected chi connectivity index (χ4v) is 2.47. The quantitative estimate of drug-likeness (QED) is 0.506. The second kappa shape index (κ2) is 6.62. The molecule has 22 heavy (non-hydrogen) atoms. The van der Waals surface area contributed by atoms with E-state index in [9.17, 15) is 4.79 Å². The van der Waals surface area contributed by atoms with E-state index in [1.807, 2.05) is 48.5 Å². The van der Waals surface area contributed by atoms with Gasteiger partial charge in [-0.05, 0) is 41.1 Å². The number of carbonyl (C=O) groups is 1. The molecule has 0 bridgehead atoms. The standard InChI is InChI=1S/C18H13BrO3/c19-15-6-3-7-16(11-15)21-12-18(20)22-17-9-8-13-4-1-2-5-14(13)10-17/h1-11H,12H2. The lowest BCUT2D eigenvalue weighted by atomic mass is 10.1. The van der Waals surface area contributed by atoms with E-state index >= 15 is 0 Å². The SMILES string of the molecule is O=C(COc1cccc(Br)c1)Oc1ccc2ccccc2c1. The molecule has 0 heterocycles. The van der Waals surface area contributed by atoms with Crippen molar-refractivity contribution in [1.29, 1.82) is 0 Å². The van der Waals surface area contributed by atoms with E-state index < -0.39 is 5.97 Å². The summed E-state index contributed by atoms with van der Waals surface area (Å²) in [6.07, 6.45) is 0. The summed E-state index contributed by atoms with van der Waals surface area (Å²) in [4.78, 5) is 11.8. The fourth-order valence-electron chi connectivity index (χ4n) is 2.09. The minimum Gasteiger partial charge on any atom is -0.482 e. The zero-order valence-electron chi connectivity index (χ0n) is 11.7. The molecule has 0 aliphatic carbocycles. The van der Waals surface area contributed by atoms with E-state index in [-0.39, 0.29) is 6.61 Å². The summed E-state index contributed by atoms with van der Waals surface area (Å²) in [7, 11) is 0. The number of rotatable bonds is 4. The first-order valence-corrected chi connectivity index (χ1v) is 7.58. The Morgan fingerprint density at radius 2 is 1.68 bits per heavy atom. The van der Waals surface area contributed by atoms with Gasteiger partial charge in [-0.15, -0.1) is 0 Å². The molecule has 110 valence electrons. The molecule has 3 aromatic rings. The molecule has 0 amide bonds. The Labute approximate surface area is 136 Å². The summed E-state index contributed by atoms with van der Waals surface area (Å²) in [5.41, 5.74) is 0. The molecule has 0 atom stereocenters. The van der Waals surface area contributed by atoms with E-state index in [2.05, 4.69) is 15.9 Å². The van der Waals surface area contributed by atoms with Gasteiger partial charge in [0.1, 0.15) is 11.5 Å². The van der Waals surface area contributed by atoms with Crippen LogP contribution in [0.3, 0.4) is 0 Å². The summed E-state index contributed by atoms with van der Waals surface area (Å²) in [6.45, 7) is -0.136. The number of hydrogen-bond donors (Lipinski definition) is 0. The highest BCUT2D eigenvalue weighted by molar-refractivity contribution is 9.10. The molecule has 3 rings (SSSR count). The van der Waals surface area contributed by atoms with E-state index in [4.69, 9.17) is 9.47 Å². The molecule has 0 aliphatic rings. The van der Waals surface area contributed by atoms with Crippen molar-refractivity contribution in [2.45, 2.75) is 0 Å². The Morgan fingerprint density at radius 3 is 2.50 bits per heavy atom. The number of halogens is 1. The predicted molar refractivity (Wildman–Crippen MR) is 89.2 cm³/mol. The van der Waals surface area contributed by atoms with Gasteiger partial charge < -0.3 is 9.47 Å². The first kappa shape index (κ1) is 14.6. The van der Waals surface area contributed by atoms with Crippen LogP contribution < -0.4 is 9.47 Å². The van der Waals surface area contributed by atoms with Gasteiger partial charge in [-0.2, -0.15) is 0 Å². The van der Waals surface area contributed by atoms with Crippen molar-refractivity contribution in [2.24, 2.45) is 0 Å². The maximum Gasteiger partial charge on any atom is 0.349 e. The van der Waals surface area contributed by atoms with Crippen LogP contribution in [0.25, 0.3) is 10.8 Å². The first-order valence-electron chi connectivity index (χ1n) is 6.78. The largest absolute Gasteiger partial charge is 0.482 e. The number of hydrogen-bond acceptors (Lipinski definition) is 3. The first-order chi connectivity index (χ1) is 10.7. The summed E-state index contributed by atoms with van der Waals surface area (Å²) >= 11 is 3.35. The maximum absolute atomic E-state index is 11.8. The second-order valence-electron chi connectivity index (χ2n) is 4.73. The number of benzene rings is 3. The fraction of sp³-hybridized carbons (Fsp3) is 0.0556. The van der Waals surface area contributed by atoms with E-state index in [1.54, 1.807) is 18.2 Å². The van der Waals surface area contributed by atoms with Crippen molar-refractivity contribution in [2.75, 3.05) is 6.61 Å². The molecule has 0 radical (unpaired) electrons. The van der Waals surface area contributed by atoms with Crippen molar-refractivity contribution < 1.29 is 14.3 Å². The highest BCUT2D eigenvalue weighted by Gasteiger charge is 2.07. The topological polar surface area (TPSA) is 35.5 Å². The third-order valence-corrected chi connectivity index (χ3v) is 3.60. The van der Waals surface area contributed by atoms with E-state index in [0.717, 1.165) is 15.2 Å². The monoisotopic (exact) mass is 356 g/mol. The molecule has 0 saturated carbocycles. The molecule has 4 heteroatoms. The normalized spacial score (nSPS) is 10.4. The van der Waals surface area contributed by atoms with E-state index in [1.165, 1.54) is 0 Å². The molecule has 0 aromatic heterocycles. The zero-order valence-corrected chi connectivity index (χ0v) is 13.2. The summed E-state index contributed by atoms with van der Waals surface area (Å²) < 4.78 is 11.6. The molecule has 0 spiro atoms. The van der Waals surface area contributed by atoms with Crippen LogP contribution in [0.5, 0.6) is 11.5 Å². The lowest BCUT2D eigenvalue weighted by Crippen LogP contribution is -2.17. The van der Waals surface area contributed by atoms with Crippen LogP contribution in [-0.4, -0.2) is 12.6 Å². The zero-order chi connectivity index (χ0) is 15.4. The number of ether oxygens (including phenoxy) is 2. The summed E-state index contributed by atoms with van der Waals surface area (Å²) in [5.74, 6) is 0.696. The molecule has 0 unspecified atom stereocenters. The highest BCUT2D eigenvalue weighted by atomic mass is 79.9. The van der Waals surface area contributed by atoms with Crippen LogP contribution >= 0.6 is 15.9 Å². The van der Waals surface area contributed by atoms with Gasteiger partial charge in [0.15, 0.2) is 6.61 Å². The van der Waals surface area contributed by atoms with Crippen LogP contribution in [0, 0.1) is 0 Å². The van der Waals surface area contributed by atoms with Crippen molar-refractivity contribution >= 4 is 32.7 Å². The average Bonchev–Trinajstić information content (AvgIpc) is 2.53. The maximum atomic E-state index is 11.8. The Morgan fingerprint density at radius 1 is 0.864 bits per heavy atom. The van der Waals surface area contributed by atoms with Gasteiger partial charge in [0, 0.05) is 4.47 Å². The van der Waals surface area contributed by atoms with Crippen molar-refractivity contribution in [3.05, 3.63) is 71.2 Å². The van der Waals surface area contributed by atoms with Gasteiger partial charge in [0.2, 0.25) is 0 Å². The second-order valence-corrected chi connectivity index (χ2v) is 5.64. The minimum atomic E-state index is -0.435. The van der Waals surface area contributed by atoms with Gasteiger partial charge in [-0.25, -0.2) is 4.79 Å². The van der Waals surface area contributed by atoms with Gasteiger partial charge in [-0.1, -0.05) is 52.3 Å². The summed E-state index contributed by atoms with van der Waals surface area (Å²) in [5, 5.41) is 2.13. The highest BCUT2D eigenvalue weighted by Crippen LogP contribution is 2.21. The Balaban J connectivity index is 1.63. The van der Waals surface area contributed by atoms with Gasteiger partial charge >= 0.3 is 5.97 Å². The van der Waals surface area contributed by atoms with Crippen LogP contribution in [0.15, 0.2) is 71.2 Å². The average molecular weight is 357 g/mol. The lowest BCUT2D eigenvalue weighted by molar-refractivity contribution is -0.136. The molecule has 0 aliphatic heterocycles. The molecular formula is C18H13BrO3. The minimum absolute atomic E-state index is 0.136. The Bertz CT molecular complexity index is 814. The predicted octanol–water partition coefficient (Wildman–Crippen LogP) is 4.59. The van der Waals surface area contributed by atoms with Gasteiger partial charge in [-0.3, -0.25) is 0 Å². The van der Waals surface area contributed by atoms with Crippen LogP contribution in [0.2, 0.25) is 0 Å². The van der Waals surface area contributed by atoms with Crippen LogP contribution in [0.1, 0.15) is 0 Å². The number of carbonyl (C=O) groups excluding carboxylic acids is 1. The Kier molecular flexibility index (Phi) is 4.39. The lowest BCUT2D eigenvalue weighted by Gasteiger charge is -2.07. The van der Waals surface area contributed by atoms with Crippen molar-refractivity contribution in [3.8, 4) is 11.5 Å². The molecule has 3 nitrogen and oxygen atoms in total. The van der Waals surface area contributed by atoms with Gasteiger partial charge in [0.05, 0.1) is 0 Å². The number of fused-ring (bicyclic) bond motifs is 1. The molecule has 0 saturated heterocycles. The van der Waals surface area contributed by atoms with Crippen molar-refractivity contribution in [3.63, 3.8) is 0 Å². The van der Waals surface area contributed by atoms with Gasteiger partial charge in [0.25, 0.3) is 0 Å². The van der Waals surface area contributed by atoms with Crippen molar-refractivity contribution in [1.82, 2.24) is 0 Å². The summed E-state index contributed by atoms with van der Waals surface area (Å²) in [6, 6.07) is 20.8.